The lowest BCUT2D eigenvalue weighted by Gasteiger charge is -2.15. The van der Waals surface area contributed by atoms with Gasteiger partial charge in [-0.05, 0) is 31.0 Å². The van der Waals surface area contributed by atoms with Crippen LogP contribution in [0.3, 0.4) is 0 Å². The first kappa shape index (κ1) is 26.7. The van der Waals surface area contributed by atoms with E-state index >= 15 is 0 Å². The van der Waals surface area contributed by atoms with E-state index in [2.05, 4.69) is 15.4 Å². The van der Waals surface area contributed by atoms with Crippen molar-refractivity contribution in [1.82, 2.24) is 14.8 Å². The molecule has 0 aliphatic carbocycles. The molecule has 1 aromatic carbocycles. The highest BCUT2D eigenvalue weighted by atomic mass is 32.1. The lowest BCUT2D eigenvalue weighted by molar-refractivity contribution is -0.386. The van der Waals surface area contributed by atoms with Crippen LogP contribution in [0.5, 0.6) is 0 Å². The number of rotatable bonds is 7. The Morgan fingerprint density at radius 2 is 1.89 bits per heavy atom. The zero-order valence-electron chi connectivity index (χ0n) is 20.3. The summed E-state index contributed by atoms with van der Waals surface area (Å²) < 4.78 is 42.3. The van der Waals surface area contributed by atoms with Crippen molar-refractivity contribution >= 4 is 44.7 Å². The molecule has 3 N–H and O–H groups in total. The molecule has 0 radical (unpaired) electrons. The summed E-state index contributed by atoms with van der Waals surface area (Å²) >= 11 is 0.647. The first-order valence-corrected chi connectivity index (χ1v) is 12.0. The summed E-state index contributed by atoms with van der Waals surface area (Å²) in [6, 6.07) is 9.04. The topological polar surface area (TPSA) is 146 Å². The number of anilines is 1. The number of hydrogen-bond acceptors (Lipinski definition) is 7. The van der Waals surface area contributed by atoms with Crippen LogP contribution in [0.4, 0.5) is 24.5 Å². The molecule has 1 unspecified atom stereocenters. The van der Waals surface area contributed by atoms with E-state index in [1.807, 2.05) is 0 Å². The maximum Gasteiger partial charge on any atom is 0.433 e. The number of aryl methyl sites for hydroxylation is 1. The summed E-state index contributed by atoms with van der Waals surface area (Å²) in [6.07, 6.45) is -4.76. The van der Waals surface area contributed by atoms with E-state index in [9.17, 15) is 32.9 Å². The van der Waals surface area contributed by atoms with Gasteiger partial charge in [0.05, 0.1) is 23.1 Å². The van der Waals surface area contributed by atoms with Crippen LogP contribution >= 0.6 is 11.3 Å². The van der Waals surface area contributed by atoms with E-state index in [1.165, 1.54) is 18.5 Å². The minimum Gasteiger partial charge on any atom is -0.365 e. The van der Waals surface area contributed by atoms with E-state index in [-0.39, 0.29) is 50.0 Å². The molecule has 14 heteroatoms. The molecular weight excluding hydrogens is 525 g/mol. The fourth-order valence-electron chi connectivity index (χ4n) is 4.10. The molecule has 0 aliphatic heterocycles. The standard InChI is InChI=1S/C24H21F3N6O4S/c1-11(10-32-13(3)19(33(36)37)12(2)31-32)22(35)30-18-17-15(14-7-5-4-6-8-14)9-16(24(25,26)27)29-23(17)38-20(18)21(28)34/h4-9,11H,10H2,1-3H3,(H2,28,34)(H,30,35). The van der Waals surface area contributed by atoms with Gasteiger partial charge < -0.3 is 11.1 Å². The van der Waals surface area contributed by atoms with Crippen LogP contribution in [-0.2, 0) is 17.5 Å². The summed E-state index contributed by atoms with van der Waals surface area (Å²) in [4.78, 5) is 39.7. The van der Waals surface area contributed by atoms with E-state index in [0.717, 1.165) is 6.07 Å². The summed E-state index contributed by atoms with van der Waals surface area (Å²) in [5, 5.41) is 18.2. The lowest BCUT2D eigenvalue weighted by Crippen LogP contribution is -2.26. The molecule has 0 saturated carbocycles. The van der Waals surface area contributed by atoms with Crippen molar-refractivity contribution < 1.29 is 27.7 Å². The van der Waals surface area contributed by atoms with Crippen molar-refractivity contribution in [3.05, 3.63) is 68.5 Å². The Balaban J connectivity index is 1.80. The number of nitrogens with zero attached hydrogens (tertiary/aromatic N) is 4. The summed E-state index contributed by atoms with van der Waals surface area (Å²) in [5.41, 5.74) is 5.16. The smallest absolute Gasteiger partial charge is 0.365 e. The highest BCUT2D eigenvalue weighted by Gasteiger charge is 2.35. The van der Waals surface area contributed by atoms with Gasteiger partial charge in [0, 0.05) is 5.39 Å². The maximum absolute atomic E-state index is 13.6. The zero-order chi connectivity index (χ0) is 27.9. The van der Waals surface area contributed by atoms with Gasteiger partial charge in [-0.1, -0.05) is 37.3 Å². The average molecular weight is 547 g/mol. The fraction of sp³-hybridized carbons (Fsp3) is 0.250. The van der Waals surface area contributed by atoms with Crippen molar-refractivity contribution in [3.63, 3.8) is 0 Å². The molecule has 4 rings (SSSR count). The maximum atomic E-state index is 13.6. The van der Waals surface area contributed by atoms with Crippen molar-refractivity contribution in [3.8, 4) is 11.1 Å². The molecule has 10 nitrogen and oxygen atoms in total. The van der Waals surface area contributed by atoms with Crippen LogP contribution in [0.15, 0.2) is 36.4 Å². The number of thiophene rings is 1. The minimum atomic E-state index is -4.76. The number of aromatic nitrogens is 3. The van der Waals surface area contributed by atoms with E-state index in [1.54, 1.807) is 37.3 Å². The second kappa shape index (κ2) is 9.85. The minimum absolute atomic E-state index is 0.0255. The SMILES string of the molecule is Cc1nn(CC(C)C(=O)Nc2c(C(N)=O)sc3nc(C(F)(F)F)cc(-c4ccccc4)c23)c(C)c1[N+](=O)[O-]. The third kappa shape index (κ3) is 4.94. The van der Waals surface area contributed by atoms with Gasteiger partial charge in [0.2, 0.25) is 5.91 Å². The van der Waals surface area contributed by atoms with Gasteiger partial charge in [0.15, 0.2) is 0 Å². The van der Waals surface area contributed by atoms with Gasteiger partial charge in [-0.3, -0.25) is 24.4 Å². The zero-order valence-corrected chi connectivity index (χ0v) is 21.1. The number of amides is 2. The van der Waals surface area contributed by atoms with Gasteiger partial charge in [-0.2, -0.15) is 18.3 Å². The van der Waals surface area contributed by atoms with Crippen LogP contribution in [0, 0.1) is 29.9 Å². The van der Waals surface area contributed by atoms with Crippen molar-refractivity contribution in [1.29, 1.82) is 0 Å². The number of alkyl halides is 3. The van der Waals surface area contributed by atoms with Crippen LogP contribution in [0.1, 0.15) is 33.7 Å². The molecule has 0 aliphatic rings. The number of benzene rings is 1. The van der Waals surface area contributed by atoms with Gasteiger partial charge in [0.25, 0.3) is 5.91 Å². The van der Waals surface area contributed by atoms with Gasteiger partial charge >= 0.3 is 11.9 Å². The number of nitro groups is 1. The number of hydrogen-bond donors (Lipinski definition) is 2. The first-order valence-electron chi connectivity index (χ1n) is 11.2. The second-order valence-corrected chi connectivity index (χ2v) is 9.62. The molecule has 4 aromatic rings. The Morgan fingerprint density at radius 3 is 2.45 bits per heavy atom. The van der Waals surface area contributed by atoms with Gasteiger partial charge in [-0.25, -0.2) is 4.98 Å². The Labute approximate surface area is 217 Å². The third-order valence-electron chi connectivity index (χ3n) is 5.93. The van der Waals surface area contributed by atoms with Crippen molar-refractivity contribution in [2.45, 2.75) is 33.5 Å². The Morgan fingerprint density at radius 1 is 1.24 bits per heavy atom. The quantitative estimate of drug-likeness (QED) is 0.244. The fourth-order valence-corrected chi connectivity index (χ4v) is 5.11. The Hall–Kier alpha value is -4.33. The summed E-state index contributed by atoms with van der Waals surface area (Å²) in [6.45, 7) is 4.52. The first-order chi connectivity index (χ1) is 17.8. The molecular formula is C24H21F3N6O4S. The number of nitrogens with two attached hydrogens (primary N) is 1. The van der Waals surface area contributed by atoms with Crippen LogP contribution < -0.4 is 11.1 Å². The number of halogens is 3. The van der Waals surface area contributed by atoms with Crippen LogP contribution in [-0.4, -0.2) is 31.5 Å². The van der Waals surface area contributed by atoms with Gasteiger partial charge in [0.1, 0.15) is 26.8 Å². The van der Waals surface area contributed by atoms with Crippen molar-refractivity contribution in [2.24, 2.45) is 11.7 Å². The second-order valence-electron chi connectivity index (χ2n) is 8.62. The molecule has 3 aromatic heterocycles. The molecule has 198 valence electrons. The number of fused-ring (bicyclic) bond motifs is 1. The molecule has 2 amide bonds. The average Bonchev–Trinajstić information content (AvgIpc) is 3.34. The molecule has 0 saturated heterocycles. The Kier molecular flexibility index (Phi) is 6.93. The Bertz CT molecular complexity index is 1580. The summed E-state index contributed by atoms with van der Waals surface area (Å²) in [7, 11) is 0. The molecule has 0 spiro atoms. The van der Waals surface area contributed by atoms with Crippen LogP contribution in [0.2, 0.25) is 0 Å². The third-order valence-corrected chi connectivity index (χ3v) is 7.03. The molecule has 38 heavy (non-hydrogen) atoms. The number of carbonyl (C=O) groups excluding carboxylic acids is 2. The number of nitrogens with one attached hydrogen (secondary N) is 1. The van der Waals surface area contributed by atoms with Gasteiger partial charge in [-0.15, -0.1) is 11.3 Å². The highest BCUT2D eigenvalue weighted by molar-refractivity contribution is 7.21. The summed E-state index contributed by atoms with van der Waals surface area (Å²) in [5.74, 6) is -2.34. The van der Waals surface area contributed by atoms with E-state index in [4.69, 9.17) is 5.73 Å². The lowest BCUT2D eigenvalue weighted by atomic mass is 10.0. The highest BCUT2D eigenvalue weighted by Crippen LogP contribution is 2.43. The normalized spacial score (nSPS) is 12.5. The number of carbonyl (C=O) groups is 2. The van der Waals surface area contributed by atoms with E-state index in [0.29, 0.717) is 16.9 Å². The predicted octanol–water partition coefficient (Wildman–Crippen LogP) is 5.08. The molecule has 1 atom stereocenters. The number of pyridine rings is 1. The molecule has 3 heterocycles. The predicted molar refractivity (Wildman–Crippen MR) is 135 cm³/mol. The number of primary amides is 1. The van der Waals surface area contributed by atoms with E-state index < -0.39 is 34.5 Å². The largest absolute Gasteiger partial charge is 0.433 e. The van der Waals surface area contributed by atoms with Crippen molar-refractivity contribution in [2.75, 3.05) is 5.32 Å². The molecule has 0 bridgehead atoms. The van der Waals surface area contributed by atoms with Crippen LogP contribution in [0.25, 0.3) is 21.3 Å². The molecule has 0 fully saturated rings. The monoisotopic (exact) mass is 546 g/mol.